The van der Waals surface area contributed by atoms with E-state index in [-0.39, 0.29) is 0 Å². The van der Waals surface area contributed by atoms with Crippen LogP contribution < -0.4 is 0 Å². The number of pyridine rings is 1. The first-order valence-electron chi connectivity index (χ1n) is 8.83. The molecule has 0 spiro atoms. The molecule has 0 bridgehead atoms. The first-order chi connectivity index (χ1) is 11.4. The average molecular weight is 304 g/mol. The minimum atomic E-state index is 0.811. The Kier molecular flexibility index (Phi) is 4.14. The number of aromatic amines is 1. The van der Waals surface area contributed by atoms with Crippen LogP contribution in [0.15, 0.2) is 54.7 Å². The van der Waals surface area contributed by atoms with Crippen LogP contribution in [-0.4, -0.2) is 9.97 Å². The summed E-state index contributed by atoms with van der Waals surface area (Å²) in [6.45, 7) is 0. The fourth-order valence-corrected chi connectivity index (χ4v) is 4.15. The van der Waals surface area contributed by atoms with E-state index in [1.165, 1.54) is 55.3 Å². The van der Waals surface area contributed by atoms with Crippen LogP contribution in [-0.2, 0) is 12.8 Å². The monoisotopic (exact) mass is 304 g/mol. The topological polar surface area (TPSA) is 28.7 Å². The Bertz CT molecular complexity index is 727. The molecule has 4 rings (SSSR count). The summed E-state index contributed by atoms with van der Waals surface area (Å²) in [7, 11) is 0. The molecule has 118 valence electrons. The summed E-state index contributed by atoms with van der Waals surface area (Å²) in [6.07, 6.45) is 9.77. The molecule has 2 heteroatoms. The normalized spacial score (nSPS) is 21.6. The summed E-state index contributed by atoms with van der Waals surface area (Å²) >= 11 is 0. The second-order valence-corrected chi connectivity index (χ2v) is 7.02. The average Bonchev–Trinajstić information content (AvgIpc) is 2.98. The van der Waals surface area contributed by atoms with Crippen LogP contribution in [0.25, 0.3) is 11.0 Å². The minimum Gasteiger partial charge on any atom is -0.357 e. The summed E-state index contributed by atoms with van der Waals surface area (Å²) in [5, 5.41) is 0. The lowest BCUT2D eigenvalue weighted by atomic mass is 9.77. The van der Waals surface area contributed by atoms with Crippen molar-refractivity contribution < 1.29 is 0 Å². The first kappa shape index (κ1) is 14.5. The molecule has 1 aliphatic carbocycles. The van der Waals surface area contributed by atoms with Gasteiger partial charge < -0.3 is 4.98 Å². The number of benzene rings is 1. The molecule has 1 fully saturated rings. The standard InChI is InChI=1S/C21H24N2/c1-2-6-16(7-3-1)12-17-8-4-9-18(13-17)14-19-15-21-20(23-19)10-5-11-22-21/h1-3,5-7,10-11,15,17-18,23H,4,8-9,12-14H2. The minimum absolute atomic E-state index is 0.811. The van der Waals surface area contributed by atoms with Crippen molar-refractivity contribution in [1.29, 1.82) is 0 Å². The van der Waals surface area contributed by atoms with E-state index in [1.807, 2.05) is 12.3 Å². The summed E-state index contributed by atoms with van der Waals surface area (Å²) in [5.74, 6) is 1.66. The third-order valence-electron chi connectivity index (χ3n) is 5.21. The van der Waals surface area contributed by atoms with Crippen molar-refractivity contribution in [2.45, 2.75) is 38.5 Å². The van der Waals surface area contributed by atoms with Gasteiger partial charge in [0.2, 0.25) is 0 Å². The molecule has 2 nitrogen and oxygen atoms in total. The van der Waals surface area contributed by atoms with E-state index in [4.69, 9.17) is 0 Å². The Balaban J connectivity index is 1.41. The lowest BCUT2D eigenvalue weighted by molar-refractivity contribution is 0.263. The molecular weight excluding hydrogens is 280 g/mol. The van der Waals surface area contributed by atoms with Crippen molar-refractivity contribution in [3.63, 3.8) is 0 Å². The highest BCUT2D eigenvalue weighted by Gasteiger charge is 2.23. The highest BCUT2D eigenvalue weighted by molar-refractivity contribution is 5.75. The molecule has 0 aliphatic heterocycles. The van der Waals surface area contributed by atoms with Crippen molar-refractivity contribution in [2.75, 3.05) is 0 Å². The Morgan fingerprint density at radius 1 is 0.957 bits per heavy atom. The molecule has 23 heavy (non-hydrogen) atoms. The van der Waals surface area contributed by atoms with Crippen LogP contribution in [0.5, 0.6) is 0 Å². The Morgan fingerprint density at radius 3 is 2.61 bits per heavy atom. The van der Waals surface area contributed by atoms with E-state index in [1.54, 1.807) is 0 Å². The van der Waals surface area contributed by atoms with Gasteiger partial charge >= 0.3 is 0 Å². The van der Waals surface area contributed by atoms with E-state index in [2.05, 4.69) is 52.4 Å². The lowest BCUT2D eigenvalue weighted by Gasteiger charge is -2.29. The highest BCUT2D eigenvalue weighted by atomic mass is 14.8. The number of hydrogen-bond acceptors (Lipinski definition) is 1. The summed E-state index contributed by atoms with van der Waals surface area (Å²) < 4.78 is 0. The number of fused-ring (bicyclic) bond motifs is 1. The Morgan fingerprint density at radius 2 is 1.78 bits per heavy atom. The van der Waals surface area contributed by atoms with Gasteiger partial charge in [-0.2, -0.15) is 0 Å². The van der Waals surface area contributed by atoms with Crippen molar-refractivity contribution in [3.8, 4) is 0 Å². The van der Waals surface area contributed by atoms with E-state index in [0.29, 0.717) is 0 Å². The maximum absolute atomic E-state index is 4.43. The zero-order chi connectivity index (χ0) is 15.5. The van der Waals surface area contributed by atoms with Crippen molar-refractivity contribution >= 4 is 11.0 Å². The highest BCUT2D eigenvalue weighted by Crippen LogP contribution is 2.33. The quantitative estimate of drug-likeness (QED) is 0.709. The van der Waals surface area contributed by atoms with Crippen LogP contribution in [0.4, 0.5) is 0 Å². The van der Waals surface area contributed by atoms with Gasteiger partial charge in [0.1, 0.15) is 0 Å². The van der Waals surface area contributed by atoms with E-state index >= 15 is 0 Å². The lowest BCUT2D eigenvalue weighted by Crippen LogP contribution is -2.19. The van der Waals surface area contributed by atoms with Gasteiger partial charge in [0, 0.05) is 11.9 Å². The predicted molar refractivity (Wildman–Crippen MR) is 95.4 cm³/mol. The SMILES string of the molecule is c1ccc(CC2CCCC(Cc3cc4ncccc4[nH]3)C2)cc1. The predicted octanol–water partition coefficient (Wildman–Crippen LogP) is 5.15. The summed E-state index contributed by atoms with van der Waals surface area (Å²) in [4.78, 5) is 7.98. The molecule has 2 heterocycles. The van der Waals surface area contributed by atoms with Gasteiger partial charge in [-0.05, 0) is 54.9 Å². The molecule has 1 N–H and O–H groups in total. The van der Waals surface area contributed by atoms with Crippen LogP contribution in [0, 0.1) is 11.8 Å². The number of rotatable bonds is 4. The van der Waals surface area contributed by atoms with Crippen LogP contribution in [0.3, 0.4) is 0 Å². The number of hydrogen-bond donors (Lipinski definition) is 1. The second kappa shape index (κ2) is 6.57. The summed E-state index contributed by atoms with van der Waals surface area (Å²) in [5.41, 5.74) is 5.11. The van der Waals surface area contributed by atoms with Gasteiger partial charge in [0.25, 0.3) is 0 Å². The maximum atomic E-state index is 4.43. The zero-order valence-electron chi connectivity index (χ0n) is 13.5. The largest absolute Gasteiger partial charge is 0.357 e. The maximum Gasteiger partial charge on any atom is 0.0881 e. The number of nitrogens with zero attached hydrogens (tertiary/aromatic N) is 1. The second-order valence-electron chi connectivity index (χ2n) is 7.02. The van der Waals surface area contributed by atoms with Crippen molar-refractivity contribution in [3.05, 3.63) is 66.0 Å². The molecule has 0 amide bonds. The molecular formula is C21H24N2. The van der Waals surface area contributed by atoms with Crippen LogP contribution >= 0.6 is 0 Å². The fraction of sp³-hybridized carbons (Fsp3) is 0.381. The van der Waals surface area contributed by atoms with E-state index in [0.717, 1.165) is 17.4 Å². The molecule has 2 atom stereocenters. The Labute approximate surface area is 138 Å². The fourth-order valence-electron chi connectivity index (χ4n) is 4.15. The van der Waals surface area contributed by atoms with Gasteiger partial charge in [-0.25, -0.2) is 0 Å². The van der Waals surface area contributed by atoms with Crippen molar-refractivity contribution in [2.24, 2.45) is 11.8 Å². The van der Waals surface area contributed by atoms with Gasteiger partial charge in [0.05, 0.1) is 11.0 Å². The van der Waals surface area contributed by atoms with Crippen LogP contribution in [0.1, 0.15) is 36.9 Å². The van der Waals surface area contributed by atoms with Gasteiger partial charge in [-0.15, -0.1) is 0 Å². The van der Waals surface area contributed by atoms with E-state index < -0.39 is 0 Å². The number of H-pyrrole nitrogens is 1. The van der Waals surface area contributed by atoms with Gasteiger partial charge in [-0.1, -0.05) is 49.6 Å². The van der Waals surface area contributed by atoms with Crippen molar-refractivity contribution in [1.82, 2.24) is 9.97 Å². The smallest absolute Gasteiger partial charge is 0.0881 e. The molecule has 1 saturated carbocycles. The molecule has 0 radical (unpaired) electrons. The first-order valence-corrected chi connectivity index (χ1v) is 8.83. The zero-order valence-corrected chi connectivity index (χ0v) is 13.5. The number of nitrogens with one attached hydrogen (secondary N) is 1. The van der Waals surface area contributed by atoms with Gasteiger partial charge in [0.15, 0.2) is 0 Å². The molecule has 0 saturated heterocycles. The molecule has 2 unspecified atom stereocenters. The summed E-state index contributed by atoms with van der Waals surface area (Å²) in [6, 6.07) is 17.3. The number of aromatic nitrogens is 2. The molecule has 3 aromatic rings. The third-order valence-corrected chi connectivity index (χ3v) is 5.21. The van der Waals surface area contributed by atoms with Gasteiger partial charge in [-0.3, -0.25) is 4.98 Å². The third kappa shape index (κ3) is 3.47. The molecule has 1 aliphatic rings. The van der Waals surface area contributed by atoms with Crippen LogP contribution in [0.2, 0.25) is 0 Å². The van der Waals surface area contributed by atoms with E-state index in [9.17, 15) is 0 Å². The molecule has 2 aromatic heterocycles. The Hall–Kier alpha value is -2.09. The molecule has 1 aromatic carbocycles.